The molecule has 0 aliphatic carbocycles. The Morgan fingerprint density at radius 3 is 2.50 bits per heavy atom. The third kappa shape index (κ3) is 4.40. The molecular formula is C18H22N2O2. The second-order valence-corrected chi connectivity index (χ2v) is 5.37. The van der Waals surface area contributed by atoms with Crippen LogP contribution in [0.2, 0.25) is 0 Å². The number of pyridine rings is 1. The number of hydrogen-bond acceptors (Lipinski definition) is 3. The van der Waals surface area contributed by atoms with E-state index < -0.39 is 0 Å². The topological polar surface area (TPSA) is 42.4 Å². The lowest BCUT2D eigenvalue weighted by Gasteiger charge is -2.22. The van der Waals surface area contributed by atoms with E-state index in [1.165, 1.54) is 5.56 Å². The lowest BCUT2D eigenvalue weighted by molar-refractivity contribution is 0.0674. The molecule has 0 aliphatic heterocycles. The van der Waals surface area contributed by atoms with Crippen molar-refractivity contribution in [3.63, 3.8) is 0 Å². The van der Waals surface area contributed by atoms with Gasteiger partial charge in [-0.3, -0.25) is 4.79 Å². The molecule has 0 radical (unpaired) electrons. The Balaban J connectivity index is 2.17. The van der Waals surface area contributed by atoms with Crippen molar-refractivity contribution in [3.8, 4) is 0 Å². The highest BCUT2D eigenvalue weighted by Gasteiger charge is 2.17. The van der Waals surface area contributed by atoms with Crippen LogP contribution in [0.1, 0.15) is 27.3 Å². The third-order valence-electron chi connectivity index (χ3n) is 3.45. The molecule has 4 heteroatoms. The maximum atomic E-state index is 12.7. The number of aryl methyl sites for hydroxylation is 2. The fourth-order valence-electron chi connectivity index (χ4n) is 2.19. The zero-order chi connectivity index (χ0) is 15.9. The minimum atomic E-state index is -0.0682. The SMILES string of the molecule is COCCN(Cc1ccc(C)cc1)C(=O)c1cccc(C)n1. The smallest absolute Gasteiger partial charge is 0.272 e. The fraction of sp³-hybridized carbons (Fsp3) is 0.333. The van der Waals surface area contributed by atoms with Crippen LogP contribution in [0, 0.1) is 13.8 Å². The summed E-state index contributed by atoms with van der Waals surface area (Å²) < 4.78 is 5.12. The lowest BCUT2D eigenvalue weighted by atomic mass is 10.1. The van der Waals surface area contributed by atoms with Crippen molar-refractivity contribution >= 4 is 5.91 Å². The molecule has 22 heavy (non-hydrogen) atoms. The van der Waals surface area contributed by atoms with Crippen molar-refractivity contribution in [1.29, 1.82) is 0 Å². The minimum Gasteiger partial charge on any atom is -0.383 e. The van der Waals surface area contributed by atoms with Gasteiger partial charge in [-0.15, -0.1) is 0 Å². The van der Waals surface area contributed by atoms with Crippen LogP contribution in [-0.4, -0.2) is 36.1 Å². The molecule has 116 valence electrons. The Morgan fingerprint density at radius 2 is 1.86 bits per heavy atom. The normalized spacial score (nSPS) is 10.5. The number of nitrogens with zero attached hydrogens (tertiary/aromatic N) is 2. The van der Waals surface area contributed by atoms with E-state index in [2.05, 4.69) is 17.1 Å². The molecular weight excluding hydrogens is 276 g/mol. The summed E-state index contributed by atoms with van der Waals surface area (Å²) in [5.41, 5.74) is 3.62. The molecule has 0 saturated carbocycles. The summed E-state index contributed by atoms with van der Waals surface area (Å²) in [6.45, 7) is 5.53. The molecule has 4 nitrogen and oxygen atoms in total. The molecule has 0 bridgehead atoms. The van der Waals surface area contributed by atoms with Crippen LogP contribution in [0.3, 0.4) is 0 Å². The number of carbonyl (C=O) groups excluding carboxylic acids is 1. The molecule has 2 rings (SSSR count). The van der Waals surface area contributed by atoms with Crippen LogP contribution in [0.15, 0.2) is 42.5 Å². The summed E-state index contributed by atoms with van der Waals surface area (Å²) in [5.74, 6) is -0.0682. The van der Waals surface area contributed by atoms with Crippen molar-refractivity contribution in [2.24, 2.45) is 0 Å². The molecule has 0 atom stereocenters. The van der Waals surface area contributed by atoms with Gasteiger partial charge in [0, 0.05) is 25.9 Å². The van der Waals surface area contributed by atoms with Crippen molar-refractivity contribution < 1.29 is 9.53 Å². The number of carbonyl (C=O) groups is 1. The quantitative estimate of drug-likeness (QED) is 0.823. The second-order valence-electron chi connectivity index (χ2n) is 5.37. The lowest BCUT2D eigenvalue weighted by Crippen LogP contribution is -2.34. The Kier molecular flexibility index (Phi) is 5.67. The first-order valence-corrected chi connectivity index (χ1v) is 7.37. The van der Waals surface area contributed by atoms with Gasteiger partial charge in [-0.1, -0.05) is 35.9 Å². The van der Waals surface area contributed by atoms with Gasteiger partial charge in [-0.2, -0.15) is 0 Å². The average molecular weight is 298 g/mol. The number of rotatable bonds is 6. The van der Waals surface area contributed by atoms with E-state index in [9.17, 15) is 4.79 Å². The fourth-order valence-corrected chi connectivity index (χ4v) is 2.19. The van der Waals surface area contributed by atoms with Gasteiger partial charge < -0.3 is 9.64 Å². The number of hydrogen-bond donors (Lipinski definition) is 0. The maximum Gasteiger partial charge on any atom is 0.272 e. The zero-order valence-corrected chi connectivity index (χ0v) is 13.4. The zero-order valence-electron chi connectivity index (χ0n) is 13.4. The Morgan fingerprint density at radius 1 is 1.14 bits per heavy atom. The number of ether oxygens (including phenoxy) is 1. The molecule has 0 unspecified atom stereocenters. The number of methoxy groups -OCH3 is 1. The number of benzene rings is 1. The van der Waals surface area contributed by atoms with Gasteiger partial charge in [0.15, 0.2) is 0 Å². The predicted octanol–water partition coefficient (Wildman–Crippen LogP) is 2.99. The van der Waals surface area contributed by atoms with Gasteiger partial charge in [0.2, 0.25) is 0 Å². The van der Waals surface area contributed by atoms with Crippen LogP contribution < -0.4 is 0 Å². The molecule has 1 amide bonds. The Labute approximate surface area is 131 Å². The monoisotopic (exact) mass is 298 g/mol. The largest absolute Gasteiger partial charge is 0.383 e. The third-order valence-corrected chi connectivity index (χ3v) is 3.45. The van der Waals surface area contributed by atoms with Crippen LogP contribution in [0.5, 0.6) is 0 Å². The van der Waals surface area contributed by atoms with Gasteiger partial charge in [-0.25, -0.2) is 4.98 Å². The highest BCUT2D eigenvalue weighted by molar-refractivity contribution is 5.92. The summed E-state index contributed by atoms with van der Waals surface area (Å²) >= 11 is 0. The summed E-state index contributed by atoms with van der Waals surface area (Å²) in [7, 11) is 1.64. The van der Waals surface area contributed by atoms with Crippen molar-refractivity contribution in [3.05, 3.63) is 65.0 Å². The van der Waals surface area contributed by atoms with Crippen LogP contribution in [0.4, 0.5) is 0 Å². The molecule has 0 N–H and O–H groups in total. The van der Waals surface area contributed by atoms with E-state index in [4.69, 9.17) is 4.74 Å². The van der Waals surface area contributed by atoms with E-state index in [-0.39, 0.29) is 5.91 Å². The molecule has 0 saturated heterocycles. The van der Waals surface area contributed by atoms with Crippen LogP contribution in [0.25, 0.3) is 0 Å². The van der Waals surface area contributed by atoms with E-state index in [0.717, 1.165) is 11.3 Å². The highest BCUT2D eigenvalue weighted by atomic mass is 16.5. The summed E-state index contributed by atoms with van der Waals surface area (Å²) in [4.78, 5) is 18.8. The molecule has 0 fully saturated rings. The summed E-state index contributed by atoms with van der Waals surface area (Å²) in [6.07, 6.45) is 0. The predicted molar refractivity (Wildman–Crippen MR) is 86.8 cm³/mol. The molecule has 1 heterocycles. The number of aromatic nitrogens is 1. The first kappa shape index (κ1) is 16.2. The summed E-state index contributed by atoms with van der Waals surface area (Å²) in [5, 5.41) is 0. The number of amides is 1. The molecule has 1 aromatic heterocycles. The van der Waals surface area contributed by atoms with E-state index in [1.54, 1.807) is 18.1 Å². The summed E-state index contributed by atoms with van der Waals surface area (Å²) in [6, 6.07) is 13.7. The van der Waals surface area contributed by atoms with E-state index in [0.29, 0.717) is 25.4 Å². The first-order chi connectivity index (χ1) is 10.6. The van der Waals surface area contributed by atoms with Gasteiger partial charge >= 0.3 is 0 Å². The van der Waals surface area contributed by atoms with E-state index in [1.807, 2.05) is 38.1 Å². The van der Waals surface area contributed by atoms with Crippen molar-refractivity contribution in [2.45, 2.75) is 20.4 Å². The van der Waals surface area contributed by atoms with Gasteiger partial charge in [0.25, 0.3) is 5.91 Å². The Bertz CT molecular complexity index is 623. The van der Waals surface area contributed by atoms with Crippen LogP contribution in [-0.2, 0) is 11.3 Å². The Hall–Kier alpha value is -2.20. The van der Waals surface area contributed by atoms with Gasteiger partial charge in [0.1, 0.15) is 5.69 Å². The molecule has 2 aromatic rings. The molecule has 1 aromatic carbocycles. The van der Waals surface area contributed by atoms with E-state index >= 15 is 0 Å². The maximum absolute atomic E-state index is 12.7. The second kappa shape index (κ2) is 7.71. The van der Waals surface area contributed by atoms with Crippen molar-refractivity contribution in [1.82, 2.24) is 9.88 Å². The highest BCUT2D eigenvalue weighted by Crippen LogP contribution is 2.10. The van der Waals surface area contributed by atoms with Crippen LogP contribution >= 0.6 is 0 Å². The molecule has 0 spiro atoms. The first-order valence-electron chi connectivity index (χ1n) is 7.37. The van der Waals surface area contributed by atoms with Gasteiger partial charge in [-0.05, 0) is 31.5 Å². The van der Waals surface area contributed by atoms with Crippen molar-refractivity contribution in [2.75, 3.05) is 20.3 Å². The average Bonchev–Trinajstić information content (AvgIpc) is 2.52. The minimum absolute atomic E-state index is 0.0682. The van der Waals surface area contributed by atoms with Gasteiger partial charge in [0.05, 0.1) is 6.61 Å². The standard InChI is InChI=1S/C18H22N2O2/c1-14-7-9-16(10-8-14)13-20(11-12-22-3)18(21)17-6-4-5-15(2)19-17/h4-10H,11-13H2,1-3H3. The molecule has 0 aliphatic rings.